The lowest BCUT2D eigenvalue weighted by atomic mass is 10.0. The molecule has 5 nitrogen and oxygen atoms in total. The summed E-state index contributed by atoms with van der Waals surface area (Å²) in [7, 11) is 1.90. The average Bonchev–Trinajstić information content (AvgIpc) is 2.69. The molecule has 0 radical (unpaired) electrons. The molecule has 18 heavy (non-hydrogen) atoms. The van der Waals surface area contributed by atoms with E-state index in [0.29, 0.717) is 0 Å². The molecule has 0 aliphatic carbocycles. The van der Waals surface area contributed by atoms with Crippen LogP contribution < -0.4 is 10.6 Å². The highest BCUT2D eigenvalue weighted by molar-refractivity contribution is 5.82. The first kappa shape index (κ1) is 13.1. The van der Waals surface area contributed by atoms with E-state index in [1.54, 1.807) is 4.68 Å². The summed E-state index contributed by atoms with van der Waals surface area (Å²) in [5.41, 5.74) is 2.06. The van der Waals surface area contributed by atoms with Gasteiger partial charge in [-0.05, 0) is 33.2 Å². The molecule has 2 heterocycles. The highest BCUT2D eigenvalue weighted by Gasteiger charge is 2.23. The van der Waals surface area contributed by atoms with Crippen LogP contribution in [0.2, 0.25) is 0 Å². The van der Waals surface area contributed by atoms with Crippen LogP contribution in [0.15, 0.2) is 6.20 Å². The normalized spacial score (nSPS) is 21.6. The van der Waals surface area contributed by atoms with Gasteiger partial charge in [-0.3, -0.25) is 9.48 Å². The average molecular weight is 250 g/mol. The van der Waals surface area contributed by atoms with Crippen LogP contribution >= 0.6 is 0 Å². The Morgan fingerprint density at radius 2 is 2.39 bits per heavy atom. The van der Waals surface area contributed by atoms with Crippen molar-refractivity contribution in [3.8, 4) is 0 Å². The highest BCUT2D eigenvalue weighted by Crippen LogP contribution is 2.16. The van der Waals surface area contributed by atoms with Crippen molar-refractivity contribution in [1.82, 2.24) is 20.4 Å². The van der Waals surface area contributed by atoms with E-state index in [1.165, 1.54) is 6.42 Å². The first-order chi connectivity index (χ1) is 8.58. The van der Waals surface area contributed by atoms with Crippen LogP contribution in [-0.2, 0) is 11.8 Å². The largest absolute Gasteiger partial charge is 0.348 e. The number of nitrogens with one attached hydrogen (secondary N) is 2. The standard InChI is InChI=1S/C13H22N4O/c1-9(11-8-17(3)16-10(11)2)15-13(18)12-6-4-5-7-14-12/h8-9,12,14H,4-7H2,1-3H3,(H,15,18). The molecule has 2 unspecified atom stereocenters. The molecule has 100 valence electrons. The molecule has 1 saturated heterocycles. The zero-order chi connectivity index (χ0) is 13.1. The van der Waals surface area contributed by atoms with Crippen molar-refractivity contribution in [3.63, 3.8) is 0 Å². The van der Waals surface area contributed by atoms with Crippen molar-refractivity contribution < 1.29 is 4.79 Å². The molecule has 2 rings (SSSR count). The number of aromatic nitrogens is 2. The summed E-state index contributed by atoms with van der Waals surface area (Å²) in [4.78, 5) is 12.1. The van der Waals surface area contributed by atoms with Crippen molar-refractivity contribution in [2.75, 3.05) is 6.54 Å². The van der Waals surface area contributed by atoms with E-state index in [9.17, 15) is 4.79 Å². The molecule has 1 aromatic heterocycles. The summed E-state index contributed by atoms with van der Waals surface area (Å²) in [6.07, 6.45) is 5.20. The summed E-state index contributed by atoms with van der Waals surface area (Å²) >= 11 is 0. The zero-order valence-corrected chi connectivity index (χ0v) is 11.4. The minimum absolute atomic E-state index is 0.00919. The van der Waals surface area contributed by atoms with Gasteiger partial charge in [0.2, 0.25) is 5.91 Å². The van der Waals surface area contributed by atoms with Gasteiger partial charge < -0.3 is 10.6 Å². The predicted octanol–water partition coefficient (Wildman–Crippen LogP) is 1.05. The molecule has 0 saturated carbocycles. The third kappa shape index (κ3) is 2.90. The Bertz CT molecular complexity index is 421. The van der Waals surface area contributed by atoms with Gasteiger partial charge in [-0.2, -0.15) is 5.10 Å². The molecule has 0 aromatic carbocycles. The summed E-state index contributed by atoms with van der Waals surface area (Å²) in [5, 5.41) is 10.6. The van der Waals surface area contributed by atoms with Crippen molar-refractivity contribution in [3.05, 3.63) is 17.5 Å². The van der Waals surface area contributed by atoms with Crippen LogP contribution in [0.3, 0.4) is 0 Å². The number of aryl methyl sites for hydroxylation is 2. The van der Waals surface area contributed by atoms with Crippen LogP contribution in [0, 0.1) is 6.92 Å². The molecule has 2 N–H and O–H groups in total. The maximum atomic E-state index is 12.1. The SMILES string of the molecule is Cc1nn(C)cc1C(C)NC(=O)C1CCCCN1. The first-order valence-corrected chi connectivity index (χ1v) is 6.62. The summed E-state index contributed by atoms with van der Waals surface area (Å²) in [6, 6.07) is -0.0203. The Hall–Kier alpha value is -1.36. The number of hydrogen-bond donors (Lipinski definition) is 2. The monoisotopic (exact) mass is 250 g/mol. The molecule has 2 atom stereocenters. The zero-order valence-electron chi connectivity index (χ0n) is 11.4. The quantitative estimate of drug-likeness (QED) is 0.843. The summed E-state index contributed by atoms with van der Waals surface area (Å²) in [5.74, 6) is 0.102. The van der Waals surface area contributed by atoms with Gasteiger partial charge in [-0.15, -0.1) is 0 Å². The van der Waals surface area contributed by atoms with Crippen LogP contribution in [0.1, 0.15) is 43.5 Å². The number of carbonyl (C=O) groups excluding carboxylic acids is 1. The Labute approximate surface area is 108 Å². The first-order valence-electron chi connectivity index (χ1n) is 6.62. The van der Waals surface area contributed by atoms with Gasteiger partial charge in [0, 0.05) is 18.8 Å². The maximum Gasteiger partial charge on any atom is 0.237 e. The predicted molar refractivity (Wildman–Crippen MR) is 70.1 cm³/mol. The third-order valence-corrected chi connectivity index (χ3v) is 3.50. The Morgan fingerprint density at radius 3 is 2.94 bits per heavy atom. The minimum atomic E-state index is -0.0295. The fraction of sp³-hybridized carbons (Fsp3) is 0.692. The van der Waals surface area contributed by atoms with Crippen molar-refractivity contribution in [1.29, 1.82) is 0 Å². The minimum Gasteiger partial charge on any atom is -0.348 e. The molecule has 1 amide bonds. The second-order valence-corrected chi connectivity index (χ2v) is 5.08. The van der Waals surface area contributed by atoms with Gasteiger partial charge in [0.25, 0.3) is 0 Å². The van der Waals surface area contributed by atoms with Crippen LogP contribution in [0.5, 0.6) is 0 Å². The Balaban J connectivity index is 1.96. The number of carbonyl (C=O) groups is 1. The Kier molecular flexibility index (Phi) is 4.01. The van der Waals surface area contributed by atoms with Crippen LogP contribution in [0.25, 0.3) is 0 Å². The topological polar surface area (TPSA) is 59.0 Å². The number of amides is 1. The number of nitrogens with zero attached hydrogens (tertiary/aromatic N) is 2. The molecule has 0 spiro atoms. The maximum absolute atomic E-state index is 12.1. The number of rotatable bonds is 3. The van der Waals surface area contributed by atoms with E-state index in [-0.39, 0.29) is 18.0 Å². The van der Waals surface area contributed by atoms with E-state index < -0.39 is 0 Å². The van der Waals surface area contributed by atoms with Gasteiger partial charge in [0.05, 0.1) is 17.8 Å². The fourth-order valence-corrected chi connectivity index (χ4v) is 2.51. The molecule has 1 aliphatic rings. The van der Waals surface area contributed by atoms with Crippen molar-refractivity contribution in [2.45, 2.75) is 45.2 Å². The van der Waals surface area contributed by atoms with Gasteiger partial charge >= 0.3 is 0 Å². The Morgan fingerprint density at radius 1 is 1.61 bits per heavy atom. The molecular weight excluding hydrogens is 228 g/mol. The van der Waals surface area contributed by atoms with Crippen molar-refractivity contribution in [2.24, 2.45) is 7.05 Å². The lowest BCUT2D eigenvalue weighted by molar-refractivity contribution is -0.124. The van der Waals surface area contributed by atoms with E-state index in [0.717, 1.165) is 30.6 Å². The van der Waals surface area contributed by atoms with E-state index in [1.807, 2.05) is 27.1 Å². The van der Waals surface area contributed by atoms with Crippen LogP contribution in [-0.4, -0.2) is 28.3 Å². The summed E-state index contributed by atoms with van der Waals surface area (Å²) in [6.45, 7) is 4.92. The van der Waals surface area contributed by atoms with Gasteiger partial charge in [0.1, 0.15) is 0 Å². The van der Waals surface area contributed by atoms with Crippen LogP contribution in [0.4, 0.5) is 0 Å². The second-order valence-electron chi connectivity index (χ2n) is 5.08. The molecule has 1 fully saturated rings. The second kappa shape index (κ2) is 5.52. The van der Waals surface area contributed by atoms with Gasteiger partial charge in [0.15, 0.2) is 0 Å². The fourth-order valence-electron chi connectivity index (χ4n) is 2.51. The molecule has 1 aliphatic heterocycles. The molecular formula is C13H22N4O. The molecule has 0 bridgehead atoms. The number of piperidine rings is 1. The van der Waals surface area contributed by atoms with Gasteiger partial charge in [-0.25, -0.2) is 0 Å². The van der Waals surface area contributed by atoms with Gasteiger partial charge in [-0.1, -0.05) is 6.42 Å². The summed E-state index contributed by atoms with van der Waals surface area (Å²) < 4.78 is 1.78. The van der Waals surface area contributed by atoms with E-state index in [2.05, 4.69) is 15.7 Å². The molecule has 1 aromatic rings. The lowest BCUT2D eigenvalue weighted by Crippen LogP contribution is -2.47. The lowest BCUT2D eigenvalue weighted by Gasteiger charge is -2.24. The molecule has 5 heteroatoms. The number of hydrogen-bond acceptors (Lipinski definition) is 3. The highest BCUT2D eigenvalue weighted by atomic mass is 16.2. The van der Waals surface area contributed by atoms with Crippen molar-refractivity contribution >= 4 is 5.91 Å². The third-order valence-electron chi connectivity index (χ3n) is 3.50. The smallest absolute Gasteiger partial charge is 0.237 e. The van der Waals surface area contributed by atoms with E-state index >= 15 is 0 Å². The van der Waals surface area contributed by atoms with E-state index in [4.69, 9.17) is 0 Å².